The first-order valence-corrected chi connectivity index (χ1v) is 7.53. The Bertz CT molecular complexity index is 561. The summed E-state index contributed by atoms with van der Waals surface area (Å²) in [5.74, 6) is -0.848. The average molecular weight is 292 g/mol. The summed E-state index contributed by atoms with van der Waals surface area (Å²) in [4.78, 5) is 16.2. The summed E-state index contributed by atoms with van der Waals surface area (Å²) in [5.41, 5.74) is 0.580. The van der Waals surface area contributed by atoms with E-state index in [1.807, 2.05) is 0 Å². The number of carbonyl (C=O) groups excluding carboxylic acids is 1. The molecule has 114 valence electrons. The van der Waals surface area contributed by atoms with Crippen molar-refractivity contribution in [3.63, 3.8) is 0 Å². The molecular weight excluding hydrogens is 271 g/mol. The summed E-state index contributed by atoms with van der Waals surface area (Å²) in [5, 5.41) is 10.2. The smallest absolute Gasteiger partial charge is 0.163 e. The van der Waals surface area contributed by atoms with Crippen LogP contribution in [-0.4, -0.2) is 52.9 Å². The second kappa shape index (κ2) is 5.73. The van der Waals surface area contributed by atoms with E-state index in [1.54, 1.807) is 0 Å². The fourth-order valence-corrected chi connectivity index (χ4v) is 3.48. The van der Waals surface area contributed by atoms with Crippen LogP contribution in [0.3, 0.4) is 0 Å². The lowest BCUT2D eigenvalue weighted by Gasteiger charge is -2.37. The summed E-state index contributed by atoms with van der Waals surface area (Å²) in [6, 6.07) is 3.03. The highest BCUT2D eigenvalue weighted by Crippen LogP contribution is 2.28. The number of nitrogens with zero attached hydrogens (tertiary/aromatic N) is 2. The third-order valence-electron chi connectivity index (χ3n) is 4.60. The van der Waals surface area contributed by atoms with Gasteiger partial charge in [-0.25, -0.2) is 4.39 Å². The third kappa shape index (κ3) is 2.94. The molecule has 1 atom stereocenters. The van der Waals surface area contributed by atoms with Crippen LogP contribution in [0.15, 0.2) is 12.1 Å². The minimum absolute atomic E-state index is 0.0715. The molecule has 0 amide bonds. The van der Waals surface area contributed by atoms with E-state index in [2.05, 4.69) is 9.80 Å². The zero-order chi connectivity index (χ0) is 15.0. The van der Waals surface area contributed by atoms with Crippen LogP contribution >= 0.6 is 0 Å². The number of ketones is 1. The summed E-state index contributed by atoms with van der Waals surface area (Å²) in [6.45, 7) is 5.91. The van der Waals surface area contributed by atoms with Crippen molar-refractivity contribution < 1.29 is 14.3 Å². The molecule has 2 saturated heterocycles. The molecule has 1 aromatic rings. The Morgan fingerprint density at radius 1 is 1.38 bits per heavy atom. The Morgan fingerprint density at radius 3 is 2.95 bits per heavy atom. The Labute approximate surface area is 124 Å². The van der Waals surface area contributed by atoms with Crippen LogP contribution in [0, 0.1) is 5.82 Å². The summed E-state index contributed by atoms with van der Waals surface area (Å²) >= 11 is 0. The minimum atomic E-state index is -0.465. The van der Waals surface area contributed by atoms with Crippen molar-refractivity contribution in [2.45, 2.75) is 32.4 Å². The van der Waals surface area contributed by atoms with Crippen molar-refractivity contribution >= 4 is 5.78 Å². The first-order chi connectivity index (χ1) is 10.0. The summed E-state index contributed by atoms with van der Waals surface area (Å²) in [7, 11) is 0. The number of Topliss-reactive ketones (excluding diaryl/α,β-unsaturated/α-hetero) is 1. The Balaban J connectivity index is 1.77. The molecule has 2 aliphatic rings. The van der Waals surface area contributed by atoms with E-state index in [4.69, 9.17) is 0 Å². The van der Waals surface area contributed by atoms with Crippen molar-refractivity contribution in [1.82, 2.24) is 9.80 Å². The number of benzene rings is 1. The number of hydrogen-bond acceptors (Lipinski definition) is 4. The lowest BCUT2D eigenvalue weighted by Crippen LogP contribution is -2.49. The first-order valence-electron chi connectivity index (χ1n) is 7.53. The highest BCUT2D eigenvalue weighted by Gasteiger charge is 2.30. The first kappa shape index (κ1) is 14.5. The lowest BCUT2D eigenvalue weighted by atomic mass is 10.0. The molecule has 5 heteroatoms. The molecule has 4 nitrogen and oxygen atoms in total. The molecule has 1 unspecified atom stereocenters. The molecule has 0 bridgehead atoms. The molecular formula is C16H21FN2O2. The number of halogens is 1. The number of hydrogen-bond donors (Lipinski definition) is 1. The number of carbonyl (C=O) groups is 1. The lowest BCUT2D eigenvalue weighted by molar-refractivity contribution is 0.0979. The molecule has 21 heavy (non-hydrogen) atoms. The van der Waals surface area contributed by atoms with Gasteiger partial charge in [0.15, 0.2) is 5.78 Å². The van der Waals surface area contributed by atoms with Crippen LogP contribution in [0.2, 0.25) is 0 Å². The molecule has 0 aliphatic carbocycles. The van der Waals surface area contributed by atoms with E-state index < -0.39 is 5.82 Å². The van der Waals surface area contributed by atoms with Crippen LogP contribution in [0.25, 0.3) is 0 Å². The standard InChI is InChI=1S/C16H21FN2O2/c1-11(20)15-8-13(17)7-12(16(15)21)9-18-5-6-19-4-2-3-14(19)10-18/h7-8,14,21H,2-6,9-10H2,1H3. The number of phenols is 1. The van der Waals surface area contributed by atoms with E-state index in [9.17, 15) is 14.3 Å². The number of rotatable bonds is 3. The van der Waals surface area contributed by atoms with Crippen molar-refractivity contribution in [1.29, 1.82) is 0 Å². The van der Waals surface area contributed by atoms with E-state index >= 15 is 0 Å². The summed E-state index contributed by atoms with van der Waals surface area (Å²) < 4.78 is 13.6. The monoisotopic (exact) mass is 292 g/mol. The molecule has 3 rings (SSSR count). The molecule has 0 aromatic heterocycles. The average Bonchev–Trinajstić information content (AvgIpc) is 2.89. The number of fused-ring (bicyclic) bond motifs is 1. The highest BCUT2D eigenvalue weighted by molar-refractivity contribution is 5.97. The van der Waals surface area contributed by atoms with Crippen LogP contribution in [-0.2, 0) is 6.54 Å². The largest absolute Gasteiger partial charge is 0.507 e. The van der Waals surface area contributed by atoms with E-state index in [0.717, 1.165) is 25.7 Å². The maximum atomic E-state index is 13.6. The molecule has 0 spiro atoms. The van der Waals surface area contributed by atoms with Crippen LogP contribution in [0.1, 0.15) is 35.7 Å². The molecule has 2 heterocycles. The van der Waals surface area contributed by atoms with Gasteiger partial charge in [0.25, 0.3) is 0 Å². The van der Waals surface area contributed by atoms with Crippen molar-refractivity contribution in [2.75, 3.05) is 26.2 Å². The quantitative estimate of drug-likeness (QED) is 0.866. The summed E-state index contributed by atoms with van der Waals surface area (Å²) in [6.07, 6.45) is 2.46. The molecule has 0 saturated carbocycles. The minimum Gasteiger partial charge on any atom is -0.507 e. The maximum Gasteiger partial charge on any atom is 0.163 e. The zero-order valence-corrected chi connectivity index (χ0v) is 12.3. The fourth-order valence-electron chi connectivity index (χ4n) is 3.48. The number of piperazine rings is 1. The van der Waals surface area contributed by atoms with Gasteiger partial charge in [0.05, 0.1) is 5.56 Å². The normalized spacial score (nSPS) is 23.2. The highest BCUT2D eigenvalue weighted by atomic mass is 19.1. The van der Waals surface area contributed by atoms with Gasteiger partial charge in [0.2, 0.25) is 0 Å². The zero-order valence-electron chi connectivity index (χ0n) is 12.3. The number of aromatic hydroxyl groups is 1. The second-order valence-electron chi connectivity index (χ2n) is 6.08. The van der Waals surface area contributed by atoms with Gasteiger partial charge < -0.3 is 5.11 Å². The second-order valence-corrected chi connectivity index (χ2v) is 6.08. The van der Waals surface area contributed by atoms with Crippen LogP contribution in [0.5, 0.6) is 5.75 Å². The predicted octanol–water partition coefficient (Wildman–Crippen LogP) is 2.01. The fraction of sp³-hybridized carbons (Fsp3) is 0.562. The van der Waals surface area contributed by atoms with Crippen LogP contribution in [0.4, 0.5) is 4.39 Å². The van der Waals surface area contributed by atoms with E-state index in [-0.39, 0.29) is 17.1 Å². The van der Waals surface area contributed by atoms with Crippen molar-refractivity contribution in [3.05, 3.63) is 29.1 Å². The Hall–Kier alpha value is -1.46. The van der Waals surface area contributed by atoms with Crippen LogP contribution < -0.4 is 0 Å². The van der Waals surface area contributed by atoms with Gasteiger partial charge in [-0.1, -0.05) is 0 Å². The van der Waals surface area contributed by atoms with Gasteiger partial charge in [-0.15, -0.1) is 0 Å². The van der Waals surface area contributed by atoms with Gasteiger partial charge in [-0.3, -0.25) is 14.6 Å². The molecule has 2 aliphatic heterocycles. The van der Waals surface area contributed by atoms with Gasteiger partial charge in [-0.05, 0) is 38.4 Å². The third-order valence-corrected chi connectivity index (χ3v) is 4.60. The SMILES string of the molecule is CC(=O)c1cc(F)cc(CN2CCN3CCCC3C2)c1O. The Kier molecular flexibility index (Phi) is 3.95. The van der Waals surface area contributed by atoms with E-state index in [0.29, 0.717) is 18.2 Å². The van der Waals surface area contributed by atoms with E-state index in [1.165, 1.54) is 32.4 Å². The topological polar surface area (TPSA) is 43.8 Å². The molecule has 1 N–H and O–H groups in total. The van der Waals surface area contributed by atoms with Gasteiger partial charge in [0, 0.05) is 37.8 Å². The maximum absolute atomic E-state index is 13.6. The number of phenolic OH excluding ortho intramolecular Hbond substituents is 1. The molecule has 0 radical (unpaired) electrons. The van der Waals surface area contributed by atoms with Gasteiger partial charge in [0.1, 0.15) is 11.6 Å². The van der Waals surface area contributed by atoms with Gasteiger partial charge in [-0.2, -0.15) is 0 Å². The Morgan fingerprint density at radius 2 is 2.19 bits per heavy atom. The van der Waals surface area contributed by atoms with Gasteiger partial charge >= 0.3 is 0 Å². The molecule has 1 aromatic carbocycles. The van der Waals surface area contributed by atoms with Crippen molar-refractivity contribution in [3.8, 4) is 5.75 Å². The van der Waals surface area contributed by atoms with Crippen molar-refractivity contribution in [2.24, 2.45) is 0 Å². The predicted molar refractivity (Wildman–Crippen MR) is 77.9 cm³/mol. The molecule has 2 fully saturated rings.